The molecule has 8 heteroatoms. The molecule has 0 saturated carbocycles. The summed E-state index contributed by atoms with van der Waals surface area (Å²) in [5.41, 5.74) is 0.681. The van der Waals surface area contributed by atoms with E-state index >= 15 is 0 Å². The monoisotopic (exact) mass is 411 g/mol. The summed E-state index contributed by atoms with van der Waals surface area (Å²) in [6.45, 7) is 5.07. The van der Waals surface area contributed by atoms with Crippen LogP contribution in [0.4, 0.5) is 5.69 Å². The molecule has 2 aromatic carbocycles. The number of rotatable bonds is 6. The van der Waals surface area contributed by atoms with Gasteiger partial charge in [0, 0.05) is 22.7 Å². The van der Waals surface area contributed by atoms with Crippen molar-refractivity contribution in [3.8, 4) is 11.5 Å². The molecule has 8 nitrogen and oxygen atoms in total. The summed E-state index contributed by atoms with van der Waals surface area (Å²) >= 11 is 0. The van der Waals surface area contributed by atoms with E-state index in [-0.39, 0.29) is 10.8 Å². The molecule has 2 aromatic rings. The molecule has 0 aromatic heterocycles. The van der Waals surface area contributed by atoms with E-state index in [1.807, 2.05) is 36.9 Å². The summed E-state index contributed by atoms with van der Waals surface area (Å²) in [4.78, 5) is 27.0. The van der Waals surface area contributed by atoms with E-state index in [1.54, 1.807) is 31.3 Å². The molecule has 1 amide bonds. The number of carbonyl (C=O) groups is 1. The van der Waals surface area contributed by atoms with Gasteiger partial charge in [0.15, 0.2) is 17.0 Å². The Bertz CT molecular complexity index is 994. The van der Waals surface area contributed by atoms with Crippen LogP contribution in [-0.4, -0.2) is 48.6 Å². The molecule has 0 unspecified atom stereocenters. The smallest absolute Gasteiger partial charge is 0.256 e. The van der Waals surface area contributed by atoms with Crippen molar-refractivity contribution in [2.45, 2.75) is 31.3 Å². The molecule has 3 atom stereocenters. The van der Waals surface area contributed by atoms with Crippen LogP contribution in [-0.2, 0) is 10.3 Å². The number of likely N-dealkylation sites (tertiary alicyclic amines) is 1. The van der Waals surface area contributed by atoms with Gasteiger partial charge in [0.1, 0.15) is 0 Å². The molecule has 4 rings (SSSR count). The van der Waals surface area contributed by atoms with Gasteiger partial charge in [-0.3, -0.25) is 19.8 Å². The number of hydrogen-bond acceptors (Lipinski definition) is 6. The third-order valence-electron chi connectivity index (χ3n) is 6.04. The Morgan fingerprint density at radius 3 is 2.57 bits per heavy atom. The number of nitrogens with one attached hydrogen (secondary N) is 1. The number of ether oxygens (including phenoxy) is 2. The van der Waals surface area contributed by atoms with E-state index in [1.165, 1.54) is 0 Å². The van der Waals surface area contributed by atoms with Crippen LogP contribution in [0.15, 0.2) is 42.5 Å². The third-order valence-corrected chi connectivity index (χ3v) is 6.04. The number of nitrogens with zero attached hydrogens (tertiary/aromatic N) is 2. The van der Waals surface area contributed by atoms with Crippen molar-refractivity contribution in [3.63, 3.8) is 0 Å². The van der Waals surface area contributed by atoms with Gasteiger partial charge in [-0.15, -0.1) is 0 Å². The highest BCUT2D eigenvalue weighted by Crippen LogP contribution is 2.52. The lowest BCUT2D eigenvalue weighted by Gasteiger charge is -2.30. The Morgan fingerprint density at radius 2 is 1.87 bits per heavy atom. The van der Waals surface area contributed by atoms with Crippen LogP contribution in [0.3, 0.4) is 0 Å². The maximum atomic E-state index is 13.2. The summed E-state index contributed by atoms with van der Waals surface area (Å²) in [6.07, 6.45) is 0. The number of amides is 1. The molecule has 2 heterocycles. The predicted molar refractivity (Wildman–Crippen MR) is 112 cm³/mol. The van der Waals surface area contributed by atoms with E-state index in [0.717, 1.165) is 5.56 Å². The molecule has 0 bridgehead atoms. The first-order valence-electron chi connectivity index (χ1n) is 10.1. The highest BCUT2D eigenvalue weighted by atomic mass is 16.6. The van der Waals surface area contributed by atoms with Crippen LogP contribution in [0.25, 0.3) is 0 Å². The van der Waals surface area contributed by atoms with Crippen LogP contribution in [0.5, 0.6) is 11.5 Å². The number of likely N-dealkylation sites (N-methyl/N-ethyl adjacent to an activating group) is 1. The third kappa shape index (κ3) is 2.82. The highest BCUT2D eigenvalue weighted by molar-refractivity contribution is 6.06. The van der Waals surface area contributed by atoms with Crippen LogP contribution in [0, 0.1) is 10.1 Å². The molecular weight excluding hydrogens is 386 g/mol. The highest BCUT2D eigenvalue weighted by Gasteiger charge is 2.68. The molecule has 1 N–H and O–H groups in total. The molecule has 158 valence electrons. The fraction of sp³-hybridized carbons (Fsp3) is 0.409. The minimum absolute atomic E-state index is 0.313. The van der Waals surface area contributed by atoms with Crippen LogP contribution < -0.4 is 14.8 Å². The van der Waals surface area contributed by atoms with Crippen molar-refractivity contribution in [3.05, 3.63) is 63.7 Å². The number of fused-ring (bicyclic) bond motifs is 2. The van der Waals surface area contributed by atoms with Crippen molar-refractivity contribution in [1.29, 1.82) is 0 Å². The molecular formula is C22H25N3O5. The van der Waals surface area contributed by atoms with Gasteiger partial charge >= 0.3 is 0 Å². The van der Waals surface area contributed by atoms with Gasteiger partial charge in [-0.05, 0) is 44.7 Å². The van der Waals surface area contributed by atoms with Crippen molar-refractivity contribution in [2.75, 3.05) is 32.1 Å². The first-order valence-corrected chi connectivity index (χ1v) is 10.1. The molecule has 1 spiro atoms. The van der Waals surface area contributed by atoms with Gasteiger partial charge in [0.2, 0.25) is 0 Å². The van der Waals surface area contributed by atoms with Gasteiger partial charge in [0.25, 0.3) is 11.9 Å². The predicted octanol–water partition coefficient (Wildman–Crippen LogP) is 3.01. The lowest BCUT2D eigenvalue weighted by Crippen LogP contribution is -2.54. The normalized spacial score (nSPS) is 25.2. The minimum atomic E-state index is -1.35. The van der Waals surface area contributed by atoms with Crippen molar-refractivity contribution < 1.29 is 19.2 Å². The van der Waals surface area contributed by atoms with Crippen LogP contribution in [0.1, 0.15) is 30.9 Å². The molecule has 1 fully saturated rings. The van der Waals surface area contributed by atoms with E-state index in [4.69, 9.17) is 9.47 Å². The zero-order valence-corrected chi connectivity index (χ0v) is 17.3. The van der Waals surface area contributed by atoms with Gasteiger partial charge in [-0.25, -0.2) is 0 Å². The Kier molecular flexibility index (Phi) is 5.11. The lowest BCUT2D eigenvalue weighted by molar-refractivity contribution is -0.534. The van der Waals surface area contributed by atoms with Gasteiger partial charge < -0.3 is 14.8 Å². The summed E-state index contributed by atoms with van der Waals surface area (Å²) in [6, 6.07) is 11.5. The van der Waals surface area contributed by atoms with Gasteiger partial charge in [-0.1, -0.05) is 24.3 Å². The first kappa shape index (κ1) is 20.2. The summed E-state index contributed by atoms with van der Waals surface area (Å²) in [7, 11) is 1.77. The van der Waals surface area contributed by atoms with Crippen molar-refractivity contribution in [2.24, 2.45) is 0 Å². The molecule has 2 aliphatic heterocycles. The Labute approximate surface area is 174 Å². The zero-order chi connectivity index (χ0) is 21.5. The van der Waals surface area contributed by atoms with Crippen LogP contribution >= 0.6 is 0 Å². The van der Waals surface area contributed by atoms with Gasteiger partial charge in [0.05, 0.1) is 19.1 Å². The number of anilines is 1. The molecule has 0 aliphatic carbocycles. The maximum absolute atomic E-state index is 13.2. The molecule has 1 saturated heterocycles. The number of nitro groups is 1. The summed E-state index contributed by atoms with van der Waals surface area (Å²) in [5, 5.41) is 15.2. The maximum Gasteiger partial charge on any atom is 0.256 e. The molecule has 2 aliphatic rings. The molecule has 30 heavy (non-hydrogen) atoms. The molecule has 0 radical (unpaired) electrons. The van der Waals surface area contributed by atoms with E-state index < -0.39 is 17.5 Å². The quantitative estimate of drug-likeness (QED) is 0.580. The second kappa shape index (κ2) is 7.60. The first-order chi connectivity index (χ1) is 14.4. The Hall–Kier alpha value is -3.13. The Balaban J connectivity index is 1.83. The second-order valence-corrected chi connectivity index (χ2v) is 7.56. The minimum Gasteiger partial charge on any atom is -0.490 e. The van der Waals surface area contributed by atoms with Crippen LogP contribution in [0.2, 0.25) is 0 Å². The van der Waals surface area contributed by atoms with E-state index in [2.05, 4.69) is 5.32 Å². The number of para-hydroxylation sites is 1. The SMILES string of the molecule is CCOc1ccc([C@@H]2CN(C)[C@@]3(C(=O)Nc4ccccc43)[C@@H]2[N+](=O)[O-])cc1OCC. The Morgan fingerprint density at radius 1 is 1.17 bits per heavy atom. The van der Waals surface area contributed by atoms with E-state index in [0.29, 0.717) is 42.5 Å². The standard InChI is InChI=1S/C22H25N3O5/c1-4-29-18-11-10-14(12-19(18)30-5-2)15-13-24(3)22(20(15)25(27)28)16-8-6-7-9-17(16)23-21(22)26/h6-12,15,20H,4-5,13H2,1-3H3,(H,23,26)/t15-,20+,22+/m0/s1. The summed E-state index contributed by atoms with van der Waals surface area (Å²) in [5.74, 6) is 0.313. The topological polar surface area (TPSA) is 93.9 Å². The largest absolute Gasteiger partial charge is 0.490 e. The fourth-order valence-corrected chi connectivity index (χ4v) is 4.88. The second-order valence-electron chi connectivity index (χ2n) is 7.56. The average molecular weight is 411 g/mol. The number of benzene rings is 2. The number of carbonyl (C=O) groups excluding carboxylic acids is 1. The van der Waals surface area contributed by atoms with Crippen molar-refractivity contribution >= 4 is 11.6 Å². The van der Waals surface area contributed by atoms with E-state index in [9.17, 15) is 14.9 Å². The average Bonchev–Trinajstić information content (AvgIpc) is 3.19. The zero-order valence-electron chi connectivity index (χ0n) is 17.3. The summed E-state index contributed by atoms with van der Waals surface area (Å²) < 4.78 is 11.3. The fourth-order valence-electron chi connectivity index (χ4n) is 4.88. The number of hydrogen-bond donors (Lipinski definition) is 1. The lowest BCUT2D eigenvalue weighted by atomic mass is 9.79. The van der Waals surface area contributed by atoms with Gasteiger partial charge in [-0.2, -0.15) is 0 Å². The van der Waals surface area contributed by atoms with Crippen molar-refractivity contribution in [1.82, 2.24) is 4.90 Å².